The summed E-state index contributed by atoms with van der Waals surface area (Å²) in [5.41, 5.74) is 0.897. The van der Waals surface area contributed by atoms with Crippen LogP contribution in [0.2, 0.25) is 0 Å². The normalized spacial score (nSPS) is 14.4. The topological polar surface area (TPSA) is 110 Å². The minimum atomic E-state index is -2.24. The molecule has 25 heavy (non-hydrogen) atoms. The molecular formula is C19H31NO5. The Morgan fingerprint density at radius 1 is 1.08 bits per heavy atom. The Morgan fingerprint density at radius 2 is 1.72 bits per heavy atom. The lowest BCUT2D eigenvalue weighted by atomic mass is 10.0. The number of hydrogen-bond donors (Lipinski definition) is 5. The minimum Gasteiger partial charge on any atom is -0.390 e. The molecule has 0 aliphatic rings. The molecule has 0 aliphatic carbocycles. The highest BCUT2D eigenvalue weighted by molar-refractivity contribution is 5.76. The largest absolute Gasteiger partial charge is 0.390 e. The van der Waals surface area contributed by atoms with Gasteiger partial charge in [0.15, 0.2) is 0 Å². The molecule has 0 aliphatic heterocycles. The average molecular weight is 353 g/mol. The van der Waals surface area contributed by atoms with E-state index in [1.807, 2.05) is 44.2 Å². The van der Waals surface area contributed by atoms with Crippen molar-refractivity contribution >= 4 is 5.91 Å². The second-order valence-electron chi connectivity index (χ2n) is 7.01. The van der Waals surface area contributed by atoms with Crippen molar-refractivity contribution in [1.29, 1.82) is 0 Å². The number of amides is 1. The van der Waals surface area contributed by atoms with Gasteiger partial charge in [-0.15, -0.1) is 0 Å². The van der Waals surface area contributed by atoms with E-state index in [4.69, 9.17) is 0 Å². The fourth-order valence-corrected chi connectivity index (χ4v) is 2.57. The van der Waals surface area contributed by atoms with Gasteiger partial charge in [0.1, 0.15) is 0 Å². The lowest BCUT2D eigenvalue weighted by Gasteiger charge is -2.24. The van der Waals surface area contributed by atoms with E-state index in [1.54, 1.807) is 0 Å². The van der Waals surface area contributed by atoms with E-state index in [-0.39, 0.29) is 19.3 Å². The van der Waals surface area contributed by atoms with E-state index in [2.05, 4.69) is 5.32 Å². The van der Waals surface area contributed by atoms with Gasteiger partial charge >= 0.3 is 0 Å². The van der Waals surface area contributed by atoms with E-state index in [9.17, 15) is 25.2 Å². The maximum Gasteiger partial charge on any atom is 0.246 e. The Bertz CT molecular complexity index is 504. The summed E-state index contributed by atoms with van der Waals surface area (Å²) in [6.45, 7) is 4.08. The molecule has 0 saturated heterocycles. The van der Waals surface area contributed by atoms with E-state index < -0.39 is 24.0 Å². The highest BCUT2D eigenvalue weighted by Crippen LogP contribution is 2.14. The molecule has 0 radical (unpaired) electrons. The molecule has 0 fully saturated rings. The Balaban J connectivity index is 2.32. The SMILES string of the molecule is CC(C)CCCC(O)(O)NC(=O)CCC(O)[C@@H](O)Cc1ccccc1. The van der Waals surface area contributed by atoms with E-state index in [0.29, 0.717) is 18.8 Å². The molecule has 2 atom stereocenters. The van der Waals surface area contributed by atoms with E-state index in [0.717, 1.165) is 12.0 Å². The first-order valence-corrected chi connectivity index (χ1v) is 8.85. The summed E-state index contributed by atoms with van der Waals surface area (Å²) in [6.07, 6.45) is -0.319. The van der Waals surface area contributed by atoms with Gasteiger partial charge in [-0.25, -0.2) is 0 Å². The maximum absolute atomic E-state index is 11.8. The summed E-state index contributed by atoms with van der Waals surface area (Å²) in [6, 6.07) is 9.28. The van der Waals surface area contributed by atoms with Crippen molar-refractivity contribution in [1.82, 2.24) is 5.32 Å². The van der Waals surface area contributed by atoms with Crippen LogP contribution in [-0.4, -0.2) is 44.5 Å². The fraction of sp³-hybridized carbons (Fsp3) is 0.632. The molecule has 6 nitrogen and oxygen atoms in total. The number of carbonyl (C=O) groups is 1. The van der Waals surface area contributed by atoms with Gasteiger partial charge in [-0.05, 0) is 24.3 Å². The van der Waals surface area contributed by atoms with Crippen LogP contribution in [0.4, 0.5) is 0 Å². The Morgan fingerprint density at radius 3 is 2.32 bits per heavy atom. The first kappa shape index (κ1) is 21.6. The first-order chi connectivity index (χ1) is 11.7. The molecule has 1 aromatic rings. The zero-order valence-electron chi connectivity index (χ0n) is 15.1. The van der Waals surface area contributed by atoms with Crippen molar-refractivity contribution in [3.8, 4) is 0 Å². The van der Waals surface area contributed by atoms with Crippen LogP contribution in [0.3, 0.4) is 0 Å². The van der Waals surface area contributed by atoms with Crippen molar-refractivity contribution < 1.29 is 25.2 Å². The molecule has 1 aromatic carbocycles. The molecule has 1 unspecified atom stereocenters. The number of benzene rings is 1. The van der Waals surface area contributed by atoms with Gasteiger partial charge in [-0.1, -0.05) is 50.6 Å². The maximum atomic E-state index is 11.8. The Hall–Kier alpha value is -1.47. The van der Waals surface area contributed by atoms with Crippen LogP contribution in [0, 0.1) is 5.92 Å². The Kier molecular flexibility index (Phi) is 9.06. The minimum absolute atomic E-state index is 0.0436. The van der Waals surface area contributed by atoms with Crippen LogP contribution in [0.5, 0.6) is 0 Å². The van der Waals surface area contributed by atoms with Crippen LogP contribution in [-0.2, 0) is 11.2 Å². The van der Waals surface area contributed by atoms with Crippen molar-refractivity contribution in [3.05, 3.63) is 35.9 Å². The Labute approximate surface area is 149 Å². The predicted molar refractivity (Wildman–Crippen MR) is 95.4 cm³/mol. The first-order valence-electron chi connectivity index (χ1n) is 8.85. The molecular weight excluding hydrogens is 322 g/mol. The number of carbonyl (C=O) groups excluding carboxylic acids is 1. The lowest BCUT2D eigenvalue weighted by Crippen LogP contribution is -2.48. The van der Waals surface area contributed by atoms with Crippen molar-refractivity contribution in [3.63, 3.8) is 0 Å². The number of rotatable bonds is 11. The highest BCUT2D eigenvalue weighted by atomic mass is 16.5. The average Bonchev–Trinajstić information content (AvgIpc) is 2.52. The van der Waals surface area contributed by atoms with Gasteiger partial charge in [-0.3, -0.25) is 4.79 Å². The van der Waals surface area contributed by atoms with Crippen LogP contribution < -0.4 is 5.32 Å². The summed E-state index contributed by atoms with van der Waals surface area (Å²) >= 11 is 0. The molecule has 0 heterocycles. The molecule has 0 bridgehead atoms. The van der Waals surface area contributed by atoms with Gasteiger partial charge in [0.05, 0.1) is 12.2 Å². The monoisotopic (exact) mass is 353 g/mol. The molecule has 1 amide bonds. The summed E-state index contributed by atoms with van der Waals surface area (Å²) in [5.74, 6) is -2.35. The van der Waals surface area contributed by atoms with Gasteiger partial charge in [0.2, 0.25) is 11.8 Å². The molecule has 0 spiro atoms. The van der Waals surface area contributed by atoms with Crippen LogP contribution in [0.1, 0.15) is 51.5 Å². The van der Waals surface area contributed by atoms with Crippen LogP contribution in [0.15, 0.2) is 30.3 Å². The molecule has 6 heteroatoms. The molecule has 142 valence electrons. The lowest BCUT2D eigenvalue weighted by molar-refractivity contribution is -0.194. The zero-order valence-corrected chi connectivity index (χ0v) is 15.1. The molecule has 0 aromatic heterocycles. The number of aliphatic hydroxyl groups is 4. The number of hydrogen-bond acceptors (Lipinski definition) is 5. The third kappa shape index (κ3) is 9.55. The highest BCUT2D eigenvalue weighted by Gasteiger charge is 2.26. The standard InChI is InChI=1S/C19H31NO5/c1-14(2)7-6-12-19(24,25)20-18(23)11-10-16(21)17(22)13-15-8-4-3-5-9-15/h3-5,8-9,14,16-17,21-22,24-25H,6-7,10-13H2,1-2H3,(H,20,23)/t16?,17-/m0/s1. The smallest absolute Gasteiger partial charge is 0.246 e. The van der Waals surface area contributed by atoms with Gasteiger partial charge in [0.25, 0.3) is 0 Å². The molecule has 0 saturated carbocycles. The second-order valence-corrected chi connectivity index (χ2v) is 7.01. The van der Waals surface area contributed by atoms with Crippen LogP contribution >= 0.6 is 0 Å². The summed E-state index contributed by atoms with van der Waals surface area (Å²) in [5, 5.41) is 41.7. The van der Waals surface area contributed by atoms with Gasteiger partial charge < -0.3 is 25.7 Å². The van der Waals surface area contributed by atoms with E-state index >= 15 is 0 Å². The second kappa shape index (κ2) is 10.5. The van der Waals surface area contributed by atoms with Gasteiger partial charge in [0, 0.05) is 19.3 Å². The molecule has 5 N–H and O–H groups in total. The third-order valence-electron chi connectivity index (χ3n) is 4.05. The quantitative estimate of drug-likeness (QED) is 0.385. The van der Waals surface area contributed by atoms with Gasteiger partial charge in [-0.2, -0.15) is 0 Å². The summed E-state index contributed by atoms with van der Waals surface area (Å²) < 4.78 is 0. The summed E-state index contributed by atoms with van der Waals surface area (Å²) in [4.78, 5) is 11.8. The van der Waals surface area contributed by atoms with Crippen molar-refractivity contribution in [2.45, 2.75) is 70.5 Å². The van der Waals surface area contributed by atoms with Crippen molar-refractivity contribution in [2.24, 2.45) is 5.92 Å². The van der Waals surface area contributed by atoms with Crippen molar-refractivity contribution in [2.75, 3.05) is 0 Å². The zero-order chi connectivity index (χ0) is 18.9. The predicted octanol–water partition coefficient (Wildman–Crippen LogP) is 1.31. The van der Waals surface area contributed by atoms with E-state index in [1.165, 1.54) is 0 Å². The summed E-state index contributed by atoms with van der Waals surface area (Å²) in [7, 11) is 0. The molecule has 1 rings (SSSR count). The fourth-order valence-electron chi connectivity index (χ4n) is 2.57. The third-order valence-corrected chi connectivity index (χ3v) is 4.05. The number of aliphatic hydroxyl groups excluding tert-OH is 2. The van der Waals surface area contributed by atoms with Crippen LogP contribution in [0.25, 0.3) is 0 Å². The number of nitrogens with one attached hydrogen (secondary N) is 1.